The van der Waals surface area contributed by atoms with Crippen LogP contribution in [0.1, 0.15) is 31.7 Å². The van der Waals surface area contributed by atoms with Gasteiger partial charge in [0.05, 0.1) is 11.4 Å². The zero-order chi connectivity index (χ0) is 15.9. The minimum atomic E-state index is -3.67. The molecular weight excluding hydrogens is 291 g/mol. The van der Waals surface area contributed by atoms with E-state index in [4.69, 9.17) is 5.73 Å². The molecule has 1 aromatic rings. The summed E-state index contributed by atoms with van der Waals surface area (Å²) in [6, 6.07) is 3.50. The number of nitrogens with two attached hydrogens (primary N) is 1. The minimum Gasteiger partial charge on any atom is -0.320 e. The second kappa shape index (κ2) is 8.13. The Bertz CT molecular complexity index is 633. The lowest BCUT2D eigenvalue weighted by Gasteiger charge is -2.18. The predicted molar refractivity (Wildman–Crippen MR) is 81.7 cm³/mol. The van der Waals surface area contributed by atoms with Gasteiger partial charge in [0.25, 0.3) is 0 Å². The average Bonchev–Trinajstić information content (AvgIpc) is 2.45. The molecule has 21 heavy (non-hydrogen) atoms. The number of rotatable bonds is 6. The van der Waals surface area contributed by atoms with Crippen LogP contribution < -0.4 is 5.73 Å². The fourth-order valence-electron chi connectivity index (χ4n) is 1.84. The van der Waals surface area contributed by atoms with E-state index < -0.39 is 15.8 Å². The normalized spacial score (nSPS) is 11.3. The Morgan fingerprint density at radius 1 is 1.33 bits per heavy atom. The number of benzene rings is 1. The Hall–Kier alpha value is -1.42. The van der Waals surface area contributed by atoms with Crippen LogP contribution in [0.25, 0.3) is 0 Å². The number of hydrogen-bond donors (Lipinski definition) is 1. The Morgan fingerprint density at radius 3 is 2.67 bits per heavy atom. The Balaban J connectivity index is 3.12. The molecule has 0 amide bonds. The van der Waals surface area contributed by atoms with E-state index in [9.17, 15) is 12.8 Å². The van der Waals surface area contributed by atoms with Crippen molar-refractivity contribution < 1.29 is 12.8 Å². The summed E-state index contributed by atoms with van der Waals surface area (Å²) >= 11 is 0. The lowest BCUT2D eigenvalue weighted by molar-refractivity contribution is 0.454. The largest absolute Gasteiger partial charge is 0.320 e. The lowest BCUT2D eigenvalue weighted by atomic mass is 10.2. The summed E-state index contributed by atoms with van der Waals surface area (Å²) in [5.74, 6) is 4.66. The van der Waals surface area contributed by atoms with E-state index in [1.54, 1.807) is 0 Å². The van der Waals surface area contributed by atoms with Crippen molar-refractivity contribution in [3.05, 3.63) is 29.6 Å². The van der Waals surface area contributed by atoms with Crippen molar-refractivity contribution in [2.75, 3.05) is 20.1 Å². The first-order chi connectivity index (χ1) is 9.93. The SMILES string of the molecule is CCCCCN(C)S(=O)(=O)c1ccc(F)cc1C#CCN. The van der Waals surface area contributed by atoms with Gasteiger partial charge in [-0.15, -0.1) is 0 Å². The van der Waals surface area contributed by atoms with E-state index in [2.05, 4.69) is 18.8 Å². The number of hydrogen-bond acceptors (Lipinski definition) is 3. The van der Waals surface area contributed by atoms with Gasteiger partial charge < -0.3 is 5.73 Å². The van der Waals surface area contributed by atoms with Gasteiger partial charge in [-0.2, -0.15) is 0 Å². The van der Waals surface area contributed by atoms with Gasteiger partial charge in [-0.25, -0.2) is 17.1 Å². The second-order valence-electron chi connectivity index (χ2n) is 4.68. The fourth-order valence-corrected chi connectivity index (χ4v) is 3.18. The van der Waals surface area contributed by atoms with E-state index in [-0.39, 0.29) is 17.0 Å². The van der Waals surface area contributed by atoms with Gasteiger partial charge in [0.1, 0.15) is 5.82 Å². The standard InChI is InChI=1S/C15H21FN2O2S/c1-3-4-5-11-18(2)21(19,20)15-9-8-14(16)12-13(15)7-6-10-17/h8-9,12H,3-5,10-11,17H2,1-2H3. The maximum Gasteiger partial charge on any atom is 0.244 e. The van der Waals surface area contributed by atoms with Gasteiger partial charge in [0, 0.05) is 19.2 Å². The van der Waals surface area contributed by atoms with Crippen LogP contribution in [0, 0.1) is 17.7 Å². The van der Waals surface area contributed by atoms with Gasteiger partial charge in [-0.1, -0.05) is 31.6 Å². The first-order valence-electron chi connectivity index (χ1n) is 6.88. The Kier molecular flexibility index (Phi) is 6.82. The van der Waals surface area contributed by atoms with Gasteiger partial charge >= 0.3 is 0 Å². The van der Waals surface area contributed by atoms with Crippen molar-refractivity contribution in [3.8, 4) is 11.8 Å². The number of halogens is 1. The van der Waals surface area contributed by atoms with E-state index in [0.29, 0.717) is 6.54 Å². The number of unbranched alkanes of at least 4 members (excludes halogenated alkanes) is 2. The number of sulfonamides is 1. The van der Waals surface area contributed by atoms with Gasteiger partial charge in [-0.05, 0) is 24.6 Å². The zero-order valence-electron chi connectivity index (χ0n) is 12.4. The highest BCUT2D eigenvalue weighted by Gasteiger charge is 2.23. The Morgan fingerprint density at radius 2 is 2.05 bits per heavy atom. The van der Waals surface area contributed by atoms with Crippen molar-refractivity contribution in [3.63, 3.8) is 0 Å². The predicted octanol–water partition coefficient (Wildman–Crippen LogP) is 1.95. The molecule has 0 aliphatic rings. The molecule has 0 aromatic heterocycles. The maximum atomic E-state index is 13.3. The molecular formula is C15H21FN2O2S. The minimum absolute atomic E-state index is 0.0175. The van der Waals surface area contributed by atoms with E-state index in [1.807, 2.05) is 0 Å². The smallest absolute Gasteiger partial charge is 0.244 e. The van der Waals surface area contributed by atoms with Crippen LogP contribution in [0.15, 0.2) is 23.1 Å². The number of nitrogens with zero attached hydrogens (tertiary/aromatic N) is 1. The van der Waals surface area contributed by atoms with E-state index >= 15 is 0 Å². The molecule has 116 valence electrons. The van der Waals surface area contributed by atoms with Crippen molar-refractivity contribution >= 4 is 10.0 Å². The molecule has 1 rings (SSSR count). The van der Waals surface area contributed by atoms with Crippen molar-refractivity contribution in [1.82, 2.24) is 4.31 Å². The molecule has 0 aliphatic carbocycles. The van der Waals surface area contributed by atoms with Crippen LogP contribution in [0.5, 0.6) is 0 Å². The molecule has 0 saturated carbocycles. The van der Waals surface area contributed by atoms with Crippen molar-refractivity contribution in [2.24, 2.45) is 5.73 Å². The zero-order valence-corrected chi connectivity index (χ0v) is 13.2. The topological polar surface area (TPSA) is 63.4 Å². The first-order valence-corrected chi connectivity index (χ1v) is 8.32. The van der Waals surface area contributed by atoms with Crippen LogP contribution in [0.3, 0.4) is 0 Å². The summed E-state index contributed by atoms with van der Waals surface area (Å²) in [6.45, 7) is 2.56. The van der Waals surface area contributed by atoms with Crippen LogP contribution in [0.4, 0.5) is 4.39 Å². The molecule has 0 atom stereocenters. The molecule has 0 heterocycles. The highest BCUT2D eigenvalue weighted by atomic mass is 32.2. The summed E-state index contributed by atoms with van der Waals surface area (Å²) in [5.41, 5.74) is 5.43. The van der Waals surface area contributed by atoms with Crippen LogP contribution in [0.2, 0.25) is 0 Å². The van der Waals surface area contributed by atoms with Gasteiger partial charge in [0.15, 0.2) is 0 Å². The van der Waals surface area contributed by atoms with E-state index in [0.717, 1.165) is 31.4 Å². The van der Waals surface area contributed by atoms with Crippen LogP contribution in [-0.4, -0.2) is 32.9 Å². The molecule has 0 spiro atoms. The summed E-state index contributed by atoms with van der Waals surface area (Å²) in [6.07, 6.45) is 2.76. The third-order valence-electron chi connectivity index (χ3n) is 3.03. The van der Waals surface area contributed by atoms with Gasteiger partial charge in [-0.3, -0.25) is 0 Å². The Labute approximate surface area is 126 Å². The monoisotopic (exact) mass is 312 g/mol. The quantitative estimate of drug-likeness (QED) is 0.645. The fraction of sp³-hybridized carbons (Fsp3) is 0.467. The molecule has 4 nitrogen and oxygen atoms in total. The molecule has 0 unspecified atom stereocenters. The molecule has 6 heteroatoms. The molecule has 2 N–H and O–H groups in total. The summed E-state index contributed by atoms with van der Waals surface area (Å²) in [5, 5.41) is 0. The van der Waals surface area contributed by atoms with Crippen molar-refractivity contribution in [2.45, 2.75) is 31.1 Å². The molecule has 0 radical (unpaired) electrons. The molecule has 0 saturated heterocycles. The highest BCUT2D eigenvalue weighted by molar-refractivity contribution is 7.89. The summed E-state index contributed by atoms with van der Waals surface area (Å²) in [4.78, 5) is 0.0175. The first kappa shape index (κ1) is 17.6. The highest BCUT2D eigenvalue weighted by Crippen LogP contribution is 2.20. The molecule has 0 fully saturated rings. The summed E-state index contributed by atoms with van der Waals surface area (Å²) < 4.78 is 39.6. The average molecular weight is 312 g/mol. The van der Waals surface area contributed by atoms with Crippen molar-refractivity contribution in [1.29, 1.82) is 0 Å². The van der Waals surface area contributed by atoms with Crippen LogP contribution in [-0.2, 0) is 10.0 Å². The second-order valence-corrected chi connectivity index (χ2v) is 6.69. The van der Waals surface area contributed by atoms with E-state index in [1.165, 1.54) is 17.4 Å². The van der Waals surface area contributed by atoms with Gasteiger partial charge in [0.2, 0.25) is 10.0 Å². The molecule has 0 aliphatic heterocycles. The maximum absolute atomic E-state index is 13.3. The third-order valence-corrected chi connectivity index (χ3v) is 4.95. The molecule has 1 aromatic carbocycles. The summed E-state index contributed by atoms with van der Waals surface area (Å²) in [7, 11) is -2.15. The third kappa shape index (κ3) is 4.81. The molecule has 0 bridgehead atoms. The van der Waals surface area contributed by atoms with Crippen LogP contribution >= 0.6 is 0 Å². The lowest BCUT2D eigenvalue weighted by Crippen LogP contribution is -2.28.